The van der Waals surface area contributed by atoms with Gasteiger partial charge in [-0.25, -0.2) is 4.39 Å². The summed E-state index contributed by atoms with van der Waals surface area (Å²) >= 11 is 5.72. The summed E-state index contributed by atoms with van der Waals surface area (Å²) in [5, 5.41) is 12.0. The Morgan fingerprint density at radius 1 is 1.35 bits per heavy atom. The topological polar surface area (TPSA) is 66.4 Å². The minimum Gasteiger partial charge on any atom is -0.481 e. The predicted octanol–water partition coefficient (Wildman–Crippen LogP) is 3.10. The van der Waals surface area contributed by atoms with Crippen molar-refractivity contribution in [2.75, 3.05) is 6.54 Å². The monoisotopic (exact) mass is 301 g/mol. The Balaban J connectivity index is 2.86. The van der Waals surface area contributed by atoms with E-state index in [2.05, 4.69) is 5.32 Å². The fourth-order valence-electron chi connectivity index (χ4n) is 1.89. The van der Waals surface area contributed by atoms with Crippen LogP contribution in [-0.4, -0.2) is 23.5 Å². The van der Waals surface area contributed by atoms with Crippen molar-refractivity contribution in [2.45, 2.75) is 26.7 Å². The van der Waals surface area contributed by atoms with Crippen molar-refractivity contribution < 1.29 is 19.1 Å². The molecule has 0 unspecified atom stereocenters. The molecule has 0 aliphatic rings. The molecule has 1 aromatic carbocycles. The van der Waals surface area contributed by atoms with Gasteiger partial charge in [0.2, 0.25) is 0 Å². The molecule has 0 aliphatic carbocycles. The number of benzene rings is 1. The Labute approximate surface area is 121 Å². The zero-order chi connectivity index (χ0) is 15.3. The molecule has 1 aromatic rings. The van der Waals surface area contributed by atoms with E-state index >= 15 is 0 Å². The molecule has 1 amide bonds. The van der Waals surface area contributed by atoms with Gasteiger partial charge in [-0.2, -0.15) is 0 Å². The Bertz CT molecular complexity index is 515. The highest BCUT2D eigenvalue weighted by Gasteiger charge is 2.35. The first kappa shape index (κ1) is 16.4. The van der Waals surface area contributed by atoms with E-state index in [0.29, 0.717) is 12.8 Å². The molecule has 0 radical (unpaired) electrons. The van der Waals surface area contributed by atoms with Crippen LogP contribution in [0.3, 0.4) is 0 Å². The van der Waals surface area contributed by atoms with Crippen molar-refractivity contribution in [3.8, 4) is 0 Å². The van der Waals surface area contributed by atoms with Crippen LogP contribution in [0.15, 0.2) is 18.2 Å². The first-order chi connectivity index (χ1) is 9.36. The number of amides is 1. The molecule has 0 saturated carbocycles. The number of rotatable bonds is 6. The van der Waals surface area contributed by atoms with Crippen LogP contribution >= 0.6 is 11.6 Å². The van der Waals surface area contributed by atoms with Gasteiger partial charge in [-0.1, -0.05) is 25.4 Å². The summed E-state index contributed by atoms with van der Waals surface area (Å²) in [6, 6.07) is 3.65. The largest absolute Gasteiger partial charge is 0.481 e. The standard InChI is InChI=1S/C14H17ClFNO3/c1-3-14(4-2,13(19)20)8-17-12(18)10-7-9(15)5-6-11(10)16/h5-7H,3-4,8H2,1-2H3,(H,17,18)(H,19,20). The summed E-state index contributed by atoms with van der Waals surface area (Å²) < 4.78 is 13.5. The molecule has 0 bridgehead atoms. The summed E-state index contributed by atoms with van der Waals surface area (Å²) in [7, 11) is 0. The molecular weight excluding hydrogens is 285 g/mol. The number of hydrogen-bond donors (Lipinski definition) is 2. The number of carbonyl (C=O) groups is 2. The summed E-state index contributed by atoms with van der Waals surface area (Å²) in [4.78, 5) is 23.2. The van der Waals surface area contributed by atoms with Crippen molar-refractivity contribution >= 4 is 23.5 Å². The second-order valence-electron chi connectivity index (χ2n) is 4.60. The van der Waals surface area contributed by atoms with Gasteiger partial charge in [0.1, 0.15) is 5.82 Å². The van der Waals surface area contributed by atoms with Crippen LogP contribution in [0.5, 0.6) is 0 Å². The Hall–Kier alpha value is -1.62. The van der Waals surface area contributed by atoms with E-state index < -0.39 is 23.1 Å². The van der Waals surface area contributed by atoms with Gasteiger partial charge in [0.25, 0.3) is 5.91 Å². The average Bonchev–Trinajstić information content (AvgIpc) is 2.42. The minimum absolute atomic E-state index is 0.0554. The van der Waals surface area contributed by atoms with Gasteiger partial charge >= 0.3 is 5.97 Å². The second-order valence-corrected chi connectivity index (χ2v) is 5.04. The Kier molecular flexibility index (Phi) is 5.51. The van der Waals surface area contributed by atoms with Crippen LogP contribution < -0.4 is 5.32 Å². The van der Waals surface area contributed by atoms with Gasteiger partial charge in [-0.05, 0) is 31.0 Å². The SMILES string of the molecule is CCC(CC)(CNC(=O)c1cc(Cl)ccc1F)C(=O)O. The van der Waals surface area contributed by atoms with Crippen LogP contribution in [0.2, 0.25) is 5.02 Å². The summed E-state index contributed by atoms with van der Waals surface area (Å²) in [6.45, 7) is 3.42. The molecule has 1 rings (SSSR count). The lowest BCUT2D eigenvalue weighted by Gasteiger charge is -2.26. The number of nitrogens with one attached hydrogen (secondary N) is 1. The molecule has 0 spiro atoms. The number of hydrogen-bond acceptors (Lipinski definition) is 2. The van der Waals surface area contributed by atoms with Gasteiger partial charge in [-0.15, -0.1) is 0 Å². The van der Waals surface area contributed by atoms with E-state index in [1.807, 2.05) is 0 Å². The number of halogens is 2. The zero-order valence-corrected chi connectivity index (χ0v) is 12.1. The second kappa shape index (κ2) is 6.70. The van der Waals surface area contributed by atoms with Gasteiger partial charge < -0.3 is 10.4 Å². The average molecular weight is 302 g/mol. The van der Waals surface area contributed by atoms with Crippen molar-refractivity contribution in [1.29, 1.82) is 0 Å². The first-order valence-corrected chi connectivity index (χ1v) is 6.70. The lowest BCUT2D eigenvalue weighted by molar-refractivity contribution is -0.149. The summed E-state index contributed by atoms with van der Waals surface area (Å²) in [6.07, 6.45) is 0.744. The molecule has 20 heavy (non-hydrogen) atoms. The zero-order valence-electron chi connectivity index (χ0n) is 11.4. The van der Waals surface area contributed by atoms with Crippen molar-refractivity contribution in [2.24, 2.45) is 5.41 Å². The van der Waals surface area contributed by atoms with E-state index in [-0.39, 0.29) is 17.1 Å². The number of carbonyl (C=O) groups excluding carboxylic acids is 1. The molecular formula is C14H17ClFNO3. The van der Waals surface area contributed by atoms with Crippen molar-refractivity contribution in [1.82, 2.24) is 5.32 Å². The van der Waals surface area contributed by atoms with Crippen molar-refractivity contribution in [3.63, 3.8) is 0 Å². The highest BCUT2D eigenvalue weighted by molar-refractivity contribution is 6.31. The number of carboxylic acids is 1. The molecule has 2 N–H and O–H groups in total. The quantitative estimate of drug-likeness (QED) is 0.848. The third kappa shape index (κ3) is 3.48. The van der Waals surface area contributed by atoms with E-state index in [9.17, 15) is 19.1 Å². The highest BCUT2D eigenvalue weighted by atomic mass is 35.5. The molecule has 0 fully saturated rings. The fourth-order valence-corrected chi connectivity index (χ4v) is 2.07. The fraction of sp³-hybridized carbons (Fsp3) is 0.429. The highest BCUT2D eigenvalue weighted by Crippen LogP contribution is 2.26. The lowest BCUT2D eigenvalue weighted by atomic mass is 9.82. The van der Waals surface area contributed by atoms with Gasteiger partial charge in [0.05, 0.1) is 11.0 Å². The van der Waals surface area contributed by atoms with E-state index in [0.717, 1.165) is 6.07 Å². The summed E-state index contributed by atoms with van der Waals surface area (Å²) in [5.41, 5.74) is -1.23. The lowest BCUT2D eigenvalue weighted by Crippen LogP contribution is -2.42. The van der Waals surface area contributed by atoms with E-state index in [4.69, 9.17) is 11.6 Å². The molecule has 110 valence electrons. The normalized spacial score (nSPS) is 11.2. The number of aliphatic carboxylic acids is 1. The Morgan fingerprint density at radius 3 is 2.45 bits per heavy atom. The van der Waals surface area contributed by atoms with E-state index in [1.54, 1.807) is 13.8 Å². The molecule has 0 aliphatic heterocycles. The van der Waals surface area contributed by atoms with Gasteiger partial charge in [0, 0.05) is 11.6 Å². The minimum atomic E-state index is -1.04. The maximum absolute atomic E-state index is 13.5. The maximum Gasteiger partial charge on any atom is 0.311 e. The summed E-state index contributed by atoms with van der Waals surface area (Å²) in [5.74, 6) is -2.34. The smallest absolute Gasteiger partial charge is 0.311 e. The first-order valence-electron chi connectivity index (χ1n) is 6.33. The molecule has 6 heteroatoms. The van der Waals surface area contributed by atoms with Crippen LogP contribution in [-0.2, 0) is 4.79 Å². The third-order valence-corrected chi connectivity index (χ3v) is 3.80. The number of carboxylic acid groups (broad SMARTS) is 1. The van der Waals surface area contributed by atoms with Crippen LogP contribution in [0.1, 0.15) is 37.0 Å². The van der Waals surface area contributed by atoms with Gasteiger partial charge in [0.15, 0.2) is 0 Å². The molecule has 0 saturated heterocycles. The Morgan fingerprint density at radius 2 is 1.95 bits per heavy atom. The van der Waals surface area contributed by atoms with Crippen LogP contribution in [0.4, 0.5) is 4.39 Å². The van der Waals surface area contributed by atoms with E-state index in [1.165, 1.54) is 12.1 Å². The van der Waals surface area contributed by atoms with Crippen LogP contribution in [0.25, 0.3) is 0 Å². The maximum atomic E-state index is 13.5. The molecule has 0 atom stereocenters. The van der Waals surface area contributed by atoms with Crippen LogP contribution in [0, 0.1) is 11.2 Å². The predicted molar refractivity (Wildman–Crippen MR) is 74.4 cm³/mol. The van der Waals surface area contributed by atoms with Crippen molar-refractivity contribution in [3.05, 3.63) is 34.6 Å². The molecule has 4 nitrogen and oxygen atoms in total. The van der Waals surface area contributed by atoms with Gasteiger partial charge in [-0.3, -0.25) is 9.59 Å². The third-order valence-electron chi connectivity index (χ3n) is 3.57. The molecule has 0 aromatic heterocycles. The molecule has 0 heterocycles.